The van der Waals surface area contributed by atoms with Crippen molar-refractivity contribution in [1.29, 1.82) is 0 Å². The largest absolute Gasteiger partial charge is 0.384 e. The summed E-state index contributed by atoms with van der Waals surface area (Å²) < 4.78 is 5.34. The Morgan fingerprint density at radius 2 is 2.04 bits per heavy atom. The van der Waals surface area contributed by atoms with Gasteiger partial charge in [0.2, 0.25) is 0 Å². The summed E-state index contributed by atoms with van der Waals surface area (Å²) in [5, 5.41) is 8.79. The van der Waals surface area contributed by atoms with Crippen LogP contribution < -0.4 is 16.0 Å². The molecule has 1 aromatic rings. The Balaban J connectivity index is 1.96. The Bertz CT molecular complexity index is 533. The standard InChI is InChI=1S/C16H24N4O3/c1-17-15(22)13-4-3-12(9-19-13)14(21)20-10-16(11-23-2)5-7-18-8-6-16/h3-4,9,18H,5-8,10-11H2,1-2H3,(H,17,22)(H,20,21). The maximum atomic E-state index is 12.3. The molecule has 0 aromatic carbocycles. The first-order valence-corrected chi connectivity index (χ1v) is 7.76. The molecule has 0 saturated carbocycles. The second-order valence-electron chi connectivity index (χ2n) is 5.88. The van der Waals surface area contributed by atoms with E-state index >= 15 is 0 Å². The predicted octanol–water partition coefficient (Wildman–Crippen LogP) is 0.187. The molecule has 1 fully saturated rings. The molecular weight excluding hydrogens is 296 g/mol. The van der Waals surface area contributed by atoms with Crippen LogP contribution >= 0.6 is 0 Å². The summed E-state index contributed by atoms with van der Waals surface area (Å²) in [4.78, 5) is 27.7. The fourth-order valence-electron chi connectivity index (χ4n) is 2.80. The molecule has 0 aliphatic carbocycles. The van der Waals surface area contributed by atoms with Crippen molar-refractivity contribution < 1.29 is 14.3 Å². The first kappa shape index (κ1) is 17.4. The van der Waals surface area contributed by atoms with E-state index < -0.39 is 0 Å². The zero-order valence-corrected chi connectivity index (χ0v) is 13.6. The van der Waals surface area contributed by atoms with Crippen molar-refractivity contribution in [3.05, 3.63) is 29.6 Å². The van der Waals surface area contributed by atoms with Gasteiger partial charge in [-0.15, -0.1) is 0 Å². The third kappa shape index (κ3) is 4.49. The number of pyridine rings is 1. The molecular formula is C16H24N4O3. The number of rotatable bonds is 6. The van der Waals surface area contributed by atoms with Crippen LogP contribution in [0.4, 0.5) is 0 Å². The molecule has 0 spiro atoms. The Kier molecular flexibility index (Phi) is 6.06. The summed E-state index contributed by atoms with van der Waals surface area (Å²) >= 11 is 0. The molecule has 1 aliphatic heterocycles. The smallest absolute Gasteiger partial charge is 0.269 e. The number of nitrogens with one attached hydrogen (secondary N) is 3. The summed E-state index contributed by atoms with van der Waals surface area (Å²) in [6.45, 7) is 3.06. The number of ether oxygens (including phenoxy) is 1. The average molecular weight is 320 g/mol. The van der Waals surface area contributed by atoms with Crippen LogP contribution in [0.2, 0.25) is 0 Å². The van der Waals surface area contributed by atoms with Crippen LogP contribution in [0.15, 0.2) is 18.3 Å². The van der Waals surface area contributed by atoms with Crippen LogP contribution in [0.3, 0.4) is 0 Å². The number of piperidine rings is 1. The normalized spacial score (nSPS) is 16.6. The number of aromatic nitrogens is 1. The van der Waals surface area contributed by atoms with Gasteiger partial charge in [-0.2, -0.15) is 0 Å². The van der Waals surface area contributed by atoms with Crippen LogP contribution in [0.5, 0.6) is 0 Å². The Labute approximate surface area is 136 Å². The summed E-state index contributed by atoms with van der Waals surface area (Å²) in [6.07, 6.45) is 3.36. The Morgan fingerprint density at radius 3 is 2.61 bits per heavy atom. The van der Waals surface area contributed by atoms with E-state index in [1.807, 2.05) is 0 Å². The van der Waals surface area contributed by atoms with Gasteiger partial charge in [0.1, 0.15) is 5.69 Å². The highest BCUT2D eigenvalue weighted by molar-refractivity contribution is 5.96. The monoisotopic (exact) mass is 320 g/mol. The van der Waals surface area contributed by atoms with E-state index in [0.717, 1.165) is 25.9 Å². The van der Waals surface area contributed by atoms with Crippen LogP contribution in [0, 0.1) is 5.41 Å². The minimum Gasteiger partial charge on any atom is -0.384 e. The van der Waals surface area contributed by atoms with Crippen LogP contribution in [-0.2, 0) is 4.74 Å². The molecule has 0 atom stereocenters. The molecule has 0 bridgehead atoms. The molecule has 0 unspecified atom stereocenters. The first-order chi connectivity index (χ1) is 11.1. The van der Waals surface area contributed by atoms with Gasteiger partial charge in [-0.1, -0.05) is 0 Å². The summed E-state index contributed by atoms with van der Waals surface area (Å²) in [5.41, 5.74) is 0.711. The molecule has 2 heterocycles. The van der Waals surface area contributed by atoms with Crippen molar-refractivity contribution in [2.75, 3.05) is 40.4 Å². The van der Waals surface area contributed by atoms with Gasteiger partial charge in [0.25, 0.3) is 11.8 Å². The number of methoxy groups -OCH3 is 1. The molecule has 0 radical (unpaired) electrons. The van der Waals surface area contributed by atoms with Gasteiger partial charge in [0.15, 0.2) is 0 Å². The number of nitrogens with zero attached hydrogens (tertiary/aromatic N) is 1. The van der Waals surface area contributed by atoms with Crippen molar-refractivity contribution in [3.8, 4) is 0 Å². The fraction of sp³-hybridized carbons (Fsp3) is 0.562. The summed E-state index contributed by atoms with van der Waals surface area (Å²) in [7, 11) is 3.23. The highest BCUT2D eigenvalue weighted by Gasteiger charge is 2.32. The van der Waals surface area contributed by atoms with Crippen LogP contribution in [-0.4, -0.2) is 57.2 Å². The predicted molar refractivity (Wildman–Crippen MR) is 86.4 cm³/mol. The average Bonchev–Trinajstić information content (AvgIpc) is 2.60. The molecule has 1 aliphatic rings. The molecule has 2 amide bonds. The molecule has 7 heteroatoms. The maximum absolute atomic E-state index is 12.3. The lowest BCUT2D eigenvalue weighted by Gasteiger charge is -2.37. The summed E-state index contributed by atoms with van der Waals surface area (Å²) in [6, 6.07) is 3.15. The van der Waals surface area contributed by atoms with Crippen molar-refractivity contribution in [2.45, 2.75) is 12.8 Å². The van der Waals surface area contributed by atoms with Gasteiger partial charge in [-0.3, -0.25) is 14.6 Å². The second kappa shape index (κ2) is 8.03. The molecule has 23 heavy (non-hydrogen) atoms. The third-order valence-electron chi connectivity index (χ3n) is 4.22. The number of amides is 2. The number of carbonyl (C=O) groups is 2. The highest BCUT2D eigenvalue weighted by Crippen LogP contribution is 2.28. The molecule has 2 rings (SSSR count). The Hall–Kier alpha value is -1.99. The number of carbonyl (C=O) groups excluding carboxylic acids is 2. The molecule has 7 nitrogen and oxygen atoms in total. The number of hydrogen-bond donors (Lipinski definition) is 3. The molecule has 126 valence electrons. The highest BCUT2D eigenvalue weighted by atomic mass is 16.5. The van der Waals surface area contributed by atoms with Crippen molar-refractivity contribution in [3.63, 3.8) is 0 Å². The zero-order valence-electron chi connectivity index (χ0n) is 13.6. The van der Waals surface area contributed by atoms with E-state index in [9.17, 15) is 9.59 Å². The minimum atomic E-state index is -0.272. The molecule has 1 saturated heterocycles. The van der Waals surface area contributed by atoms with Gasteiger partial charge in [-0.25, -0.2) is 0 Å². The van der Waals surface area contributed by atoms with Gasteiger partial charge in [0.05, 0.1) is 12.2 Å². The maximum Gasteiger partial charge on any atom is 0.269 e. The van der Waals surface area contributed by atoms with E-state index in [0.29, 0.717) is 24.4 Å². The van der Waals surface area contributed by atoms with Crippen molar-refractivity contribution >= 4 is 11.8 Å². The zero-order chi connectivity index (χ0) is 16.7. The summed E-state index contributed by atoms with van der Waals surface area (Å²) in [5.74, 6) is -0.458. The third-order valence-corrected chi connectivity index (χ3v) is 4.22. The van der Waals surface area contributed by atoms with E-state index in [1.165, 1.54) is 6.20 Å². The van der Waals surface area contributed by atoms with Crippen LogP contribution in [0.25, 0.3) is 0 Å². The lowest BCUT2D eigenvalue weighted by atomic mass is 9.79. The topological polar surface area (TPSA) is 92.4 Å². The van der Waals surface area contributed by atoms with Gasteiger partial charge in [-0.05, 0) is 38.1 Å². The van der Waals surface area contributed by atoms with Crippen LogP contribution in [0.1, 0.15) is 33.7 Å². The Morgan fingerprint density at radius 1 is 1.30 bits per heavy atom. The molecule has 1 aromatic heterocycles. The van der Waals surface area contributed by atoms with E-state index in [1.54, 1.807) is 26.3 Å². The van der Waals surface area contributed by atoms with E-state index in [2.05, 4.69) is 20.9 Å². The van der Waals surface area contributed by atoms with Gasteiger partial charge >= 0.3 is 0 Å². The lowest BCUT2D eigenvalue weighted by molar-refractivity contribution is 0.0511. The quantitative estimate of drug-likeness (QED) is 0.696. The first-order valence-electron chi connectivity index (χ1n) is 7.76. The van der Waals surface area contributed by atoms with E-state index in [4.69, 9.17) is 4.74 Å². The van der Waals surface area contributed by atoms with Gasteiger partial charge < -0.3 is 20.7 Å². The minimum absolute atomic E-state index is 0.0227. The lowest BCUT2D eigenvalue weighted by Crippen LogP contribution is -2.47. The van der Waals surface area contributed by atoms with Gasteiger partial charge in [0, 0.05) is 32.3 Å². The van der Waals surface area contributed by atoms with E-state index in [-0.39, 0.29) is 17.2 Å². The molecule has 3 N–H and O–H groups in total. The fourth-order valence-corrected chi connectivity index (χ4v) is 2.80. The SMILES string of the molecule is CNC(=O)c1ccc(C(=O)NCC2(COC)CCNCC2)cn1. The van der Waals surface area contributed by atoms with Crippen molar-refractivity contribution in [1.82, 2.24) is 20.9 Å². The number of hydrogen-bond acceptors (Lipinski definition) is 5. The van der Waals surface area contributed by atoms with Crippen molar-refractivity contribution in [2.24, 2.45) is 5.41 Å². The second-order valence-corrected chi connectivity index (χ2v) is 5.88.